The maximum Gasteiger partial charge on any atom is 0.234 e. The van der Waals surface area contributed by atoms with Crippen molar-refractivity contribution < 1.29 is 9.53 Å². The third kappa shape index (κ3) is 4.93. The van der Waals surface area contributed by atoms with Crippen molar-refractivity contribution in [2.75, 3.05) is 19.8 Å². The number of rotatable bonds is 6. The van der Waals surface area contributed by atoms with Gasteiger partial charge in [-0.3, -0.25) is 4.79 Å². The van der Waals surface area contributed by atoms with Crippen LogP contribution in [0, 0.1) is 5.92 Å². The van der Waals surface area contributed by atoms with E-state index in [1.165, 1.54) is 4.88 Å². The summed E-state index contributed by atoms with van der Waals surface area (Å²) in [7, 11) is 0. The van der Waals surface area contributed by atoms with E-state index in [-0.39, 0.29) is 5.91 Å². The highest BCUT2D eigenvalue weighted by Crippen LogP contribution is 2.18. The van der Waals surface area contributed by atoms with Gasteiger partial charge in [-0.05, 0) is 37.1 Å². The monoisotopic (exact) mass is 282 g/mol. The minimum absolute atomic E-state index is 0.0623. The van der Waals surface area contributed by atoms with Crippen LogP contribution in [0.25, 0.3) is 0 Å². The Morgan fingerprint density at radius 1 is 1.53 bits per heavy atom. The number of nitrogens with one attached hydrogen (secondary N) is 2. The summed E-state index contributed by atoms with van der Waals surface area (Å²) >= 11 is 1.66. The smallest absolute Gasteiger partial charge is 0.234 e. The number of hydrogen-bond donors (Lipinski definition) is 2. The maximum atomic E-state index is 11.7. The largest absolute Gasteiger partial charge is 0.381 e. The molecule has 106 valence electrons. The van der Waals surface area contributed by atoms with E-state index in [9.17, 15) is 4.79 Å². The van der Waals surface area contributed by atoms with Gasteiger partial charge in [-0.15, -0.1) is 11.3 Å². The van der Waals surface area contributed by atoms with Crippen molar-refractivity contribution in [1.29, 1.82) is 0 Å². The minimum Gasteiger partial charge on any atom is -0.381 e. The van der Waals surface area contributed by atoms with Gasteiger partial charge < -0.3 is 15.4 Å². The fraction of sp³-hybridized carbons (Fsp3) is 0.643. The minimum atomic E-state index is 0.0623. The molecule has 2 rings (SSSR count). The van der Waals surface area contributed by atoms with Crippen LogP contribution in [0.5, 0.6) is 0 Å². The lowest BCUT2D eigenvalue weighted by atomic mass is 9.93. The van der Waals surface area contributed by atoms with Crippen molar-refractivity contribution in [3.8, 4) is 0 Å². The molecule has 1 aliphatic rings. The fourth-order valence-corrected chi connectivity index (χ4v) is 2.94. The molecule has 0 spiro atoms. The van der Waals surface area contributed by atoms with E-state index >= 15 is 0 Å². The summed E-state index contributed by atoms with van der Waals surface area (Å²) in [5.41, 5.74) is 0. The Morgan fingerprint density at radius 2 is 2.32 bits per heavy atom. The third-order valence-corrected chi connectivity index (χ3v) is 4.47. The van der Waals surface area contributed by atoms with Crippen LogP contribution < -0.4 is 10.6 Å². The highest BCUT2D eigenvalue weighted by atomic mass is 32.1. The summed E-state index contributed by atoms with van der Waals surface area (Å²) in [5.74, 6) is 0.686. The summed E-state index contributed by atoms with van der Waals surface area (Å²) in [4.78, 5) is 12.9. The molecule has 0 saturated carbocycles. The number of thiophene rings is 1. The molecule has 1 amide bonds. The van der Waals surface area contributed by atoms with Gasteiger partial charge in [0.05, 0.1) is 13.1 Å². The highest BCUT2D eigenvalue weighted by molar-refractivity contribution is 7.09. The first-order chi connectivity index (χ1) is 9.25. The number of amides is 1. The van der Waals surface area contributed by atoms with Gasteiger partial charge in [0.1, 0.15) is 0 Å². The molecule has 0 aliphatic carbocycles. The van der Waals surface area contributed by atoms with Crippen molar-refractivity contribution in [2.24, 2.45) is 5.92 Å². The number of ether oxygens (including phenoxy) is 1. The molecule has 1 fully saturated rings. The first kappa shape index (κ1) is 14.5. The Labute approximate surface area is 118 Å². The van der Waals surface area contributed by atoms with E-state index in [0.717, 1.165) is 26.1 Å². The lowest BCUT2D eigenvalue weighted by molar-refractivity contribution is -0.120. The van der Waals surface area contributed by atoms with Crippen LogP contribution in [0.15, 0.2) is 17.5 Å². The zero-order chi connectivity index (χ0) is 13.5. The molecule has 0 unspecified atom stereocenters. The van der Waals surface area contributed by atoms with Gasteiger partial charge in [-0.1, -0.05) is 6.07 Å². The molecule has 4 nitrogen and oxygen atoms in total. The summed E-state index contributed by atoms with van der Waals surface area (Å²) < 4.78 is 5.35. The highest BCUT2D eigenvalue weighted by Gasteiger charge is 2.20. The molecule has 19 heavy (non-hydrogen) atoms. The molecular formula is C14H22N2O2S. The zero-order valence-electron chi connectivity index (χ0n) is 11.4. The number of carbonyl (C=O) groups is 1. The first-order valence-corrected chi connectivity index (χ1v) is 7.74. The van der Waals surface area contributed by atoms with Crippen molar-refractivity contribution >= 4 is 17.2 Å². The SMILES string of the molecule is C[C@H](NCC(=O)NCc1cccs1)C1CCOCC1. The van der Waals surface area contributed by atoms with Gasteiger partial charge in [0.25, 0.3) is 0 Å². The molecule has 0 bridgehead atoms. The van der Waals surface area contributed by atoms with E-state index in [0.29, 0.717) is 25.0 Å². The fourth-order valence-electron chi connectivity index (χ4n) is 2.30. The van der Waals surface area contributed by atoms with Crippen molar-refractivity contribution in [2.45, 2.75) is 32.4 Å². The quantitative estimate of drug-likeness (QED) is 0.836. The van der Waals surface area contributed by atoms with E-state index < -0.39 is 0 Å². The second kappa shape index (κ2) is 7.62. The van der Waals surface area contributed by atoms with Gasteiger partial charge in [-0.2, -0.15) is 0 Å². The van der Waals surface area contributed by atoms with Crippen LogP contribution in [-0.2, 0) is 16.1 Å². The molecule has 1 aromatic heterocycles. The van der Waals surface area contributed by atoms with Gasteiger partial charge in [0.2, 0.25) is 5.91 Å². The molecule has 5 heteroatoms. The average molecular weight is 282 g/mol. The lowest BCUT2D eigenvalue weighted by Crippen LogP contribution is -2.42. The second-order valence-corrected chi connectivity index (χ2v) is 6.01. The van der Waals surface area contributed by atoms with Gasteiger partial charge in [0, 0.05) is 24.1 Å². The van der Waals surface area contributed by atoms with Crippen LogP contribution in [-0.4, -0.2) is 31.7 Å². The Bertz CT molecular complexity index is 375. The lowest BCUT2D eigenvalue weighted by Gasteiger charge is -2.28. The first-order valence-electron chi connectivity index (χ1n) is 6.86. The maximum absolute atomic E-state index is 11.7. The molecule has 0 aromatic carbocycles. The molecule has 0 radical (unpaired) electrons. The summed E-state index contributed by atoms with van der Waals surface area (Å²) in [6.07, 6.45) is 2.18. The molecule has 1 saturated heterocycles. The summed E-state index contributed by atoms with van der Waals surface area (Å²) in [6, 6.07) is 4.40. The van der Waals surface area contributed by atoms with E-state index in [1.54, 1.807) is 11.3 Å². The van der Waals surface area contributed by atoms with E-state index in [2.05, 4.69) is 17.6 Å². The van der Waals surface area contributed by atoms with Crippen LogP contribution >= 0.6 is 11.3 Å². The van der Waals surface area contributed by atoms with Gasteiger partial charge in [-0.25, -0.2) is 0 Å². The van der Waals surface area contributed by atoms with Crippen LogP contribution in [0.2, 0.25) is 0 Å². The number of hydrogen-bond acceptors (Lipinski definition) is 4. The Hall–Kier alpha value is -0.910. The molecule has 2 N–H and O–H groups in total. The molecule has 1 aromatic rings. The summed E-state index contributed by atoms with van der Waals surface area (Å²) in [6.45, 7) is 4.87. The van der Waals surface area contributed by atoms with Crippen LogP contribution in [0.1, 0.15) is 24.6 Å². The molecule has 1 atom stereocenters. The third-order valence-electron chi connectivity index (χ3n) is 3.60. The number of carbonyl (C=O) groups excluding carboxylic acids is 1. The molecule has 1 aliphatic heterocycles. The van der Waals surface area contributed by atoms with E-state index in [4.69, 9.17) is 4.74 Å². The molecular weight excluding hydrogens is 260 g/mol. The molecule has 2 heterocycles. The second-order valence-electron chi connectivity index (χ2n) is 4.98. The van der Waals surface area contributed by atoms with Crippen molar-refractivity contribution in [3.63, 3.8) is 0 Å². The topological polar surface area (TPSA) is 50.4 Å². The summed E-state index contributed by atoms with van der Waals surface area (Å²) in [5, 5.41) is 8.27. The predicted octanol–water partition coefficient (Wildman–Crippen LogP) is 1.77. The van der Waals surface area contributed by atoms with Crippen molar-refractivity contribution in [3.05, 3.63) is 22.4 Å². The normalized spacial score (nSPS) is 18.2. The zero-order valence-corrected chi connectivity index (χ0v) is 12.2. The standard InChI is InChI=1S/C14H22N2O2S/c1-11(12-4-6-18-7-5-12)15-10-14(17)16-9-13-3-2-8-19-13/h2-3,8,11-12,15H,4-7,9-10H2,1H3,(H,16,17)/t11-/m0/s1. The average Bonchev–Trinajstić information content (AvgIpc) is 2.96. The predicted molar refractivity (Wildman–Crippen MR) is 77.2 cm³/mol. The van der Waals surface area contributed by atoms with E-state index in [1.807, 2.05) is 17.5 Å². The van der Waals surface area contributed by atoms with Gasteiger partial charge in [0.15, 0.2) is 0 Å². The van der Waals surface area contributed by atoms with Crippen LogP contribution in [0.4, 0.5) is 0 Å². The Balaban J connectivity index is 1.62. The van der Waals surface area contributed by atoms with Gasteiger partial charge >= 0.3 is 0 Å². The Kier molecular flexibility index (Phi) is 5.82. The van der Waals surface area contributed by atoms with Crippen molar-refractivity contribution in [1.82, 2.24) is 10.6 Å². The van der Waals surface area contributed by atoms with Crippen LogP contribution in [0.3, 0.4) is 0 Å². The Morgan fingerprint density at radius 3 is 3.00 bits per heavy atom.